The Morgan fingerprint density at radius 3 is 2.43 bits per heavy atom. The summed E-state index contributed by atoms with van der Waals surface area (Å²) < 4.78 is 0. The molecule has 2 saturated heterocycles. The fourth-order valence-corrected chi connectivity index (χ4v) is 4.07. The van der Waals surface area contributed by atoms with Crippen molar-refractivity contribution in [2.45, 2.75) is 38.5 Å². The Morgan fingerprint density at radius 1 is 1.00 bits per heavy atom. The molecule has 0 atom stereocenters. The molecular formula is C22H34N4O2. The number of nitrogens with one attached hydrogen (secondary N) is 2. The molecule has 154 valence electrons. The minimum atomic E-state index is 0.127. The van der Waals surface area contributed by atoms with Gasteiger partial charge in [0.1, 0.15) is 0 Å². The van der Waals surface area contributed by atoms with Crippen LogP contribution in [-0.4, -0.2) is 62.5 Å². The van der Waals surface area contributed by atoms with Crippen molar-refractivity contribution in [2.24, 2.45) is 5.92 Å². The Labute approximate surface area is 168 Å². The zero-order valence-corrected chi connectivity index (χ0v) is 16.9. The number of amides is 2. The van der Waals surface area contributed by atoms with Crippen LogP contribution in [0, 0.1) is 5.92 Å². The quantitative estimate of drug-likeness (QED) is 0.671. The lowest BCUT2D eigenvalue weighted by Gasteiger charge is -2.36. The number of piperazine rings is 1. The normalized spacial score (nSPS) is 18.1. The summed E-state index contributed by atoms with van der Waals surface area (Å²) in [5.74, 6) is 1.02. The van der Waals surface area contributed by atoms with E-state index < -0.39 is 0 Å². The minimum Gasteiger partial charge on any atom is -0.368 e. The molecule has 0 unspecified atom stereocenters. The molecule has 2 amide bonds. The van der Waals surface area contributed by atoms with Gasteiger partial charge in [0.25, 0.3) is 0 Å². The van der Waals surface area contributed by atoms with Crippen molar-refractivity contribution in [3.05, 3.63) is 30.3 Å². The Hall–Kier alpha value is -2.08. The maximum Gasteiger partial charge on any atom is 0.222 e. The van der Waals surface area contributed by atoms with Crippen LogP contribution in [0.2, 0.25) is 0 Å². The van der Waals surface area contributed by atoms with Gasteiger partial charge in [0.05, 0.1) is 0 Å². The monoisotopic (exact) mass is 386 g/mol. The Balaban J connectivity index is 1.25. The molecule has 2 N–H and O–H groups in total. The van der Waals surface area contributed by atoms with Gasteiger partial charge < -0.3 is 20.4 Å². The van der Waals surface area contributed by atoms with Gasteiger partial charge in [-0.25, -0.2) is 0 Å². The number of rotatable bonds is 8. The molecule has 0 saturated carbocycles. The maximum absolute atomic E-state index is 12.4. The molecule has 2 aliphatic heterocycles. The lowest BCUT2D eigenvalue weighted by atomic mass is 9.93. The topological polar surface area (TPSA) is 64.7 Å². The molecule has 2 heterocycles. The summed E-state index contributed by atoms with van der Waals surface area (Å²) in [4.78, 5) is 28.7. The highest BCUT2D eigenvalue weighted by Gasteiger charge is 2.21. The van der Waals surface area contributed by atoms with Crippen LogP contribution in [0.4, 0.5) is 5.69 Å². The molecule has 3 rings (SSSR count). The highest BCUT2D eigenvalue weighted by atomic mass is 16.2. The van der Waals surface area contributed by atoms with E-state index >= 15 is 0 Å². The zero-order chi connectivity index (χ0) is 19.6. The number of anilines is 1. The molecule has 0 aliphatic carbocycles. The van der Waals surface area contributed by atoms with Gasteiger partial charge in [-0.1, -0.05) is 18.2 Å². The van der Waals surface area contributed by atoms with Gasteiger partial charge in [0.2, 0.25) is 11.8 Å². The summed E-state index contributed by atoms with van der Waals surface area (Å²) in [6.45, 7) is 6.06. The minimum absolute atomic E-state index is 0.127. The number of nitrogens with zero attached hydrogens (tertiary/aromatic N) is 2. The number of para-hydroxylation sites is 1. The van der Waals surface area contributed by atoms with Crippen molar-refractivity contribution in [3.8, 4) is 0 Å². The number of hydrogen-bond donors (Lipinski definition) is 2. The smallest absolute Gasteiger partial charge is 0.222 e. The van der Waals surface area contributed by atoms with E-state index in [-0.39, 0.29) is 11.8 Å². The number of benzene rings is 1. The van der Waals surface area contributed by atoms with E-state index in [1.54, 1.807) is 0 Å². The molecular weight excluding hydrogens is 352 g/mol. The third-order valence-corrected chi connectivity index (χ3v) is 5.88. The maximum atomic E-state index is 12.4. The van der Waals surface area contributed by atoms with E-state index in [4.69, 9.17) is 0 Å². The van der Waals surface area contributed by atoms with E-state index in [9.17, 15) is 9.59 Å². The largest absolute Gasteiger partial charge is 0.368 e. The van der Waals surface area contributed by atoms with Crippen LogP contribution in [-0.2, 0) is 9.59 Å². The van der Waals surface area contributed by atoms with E-state index in [0.717, 1.165) is 52.1 Å². The van der Waals surface area contributed by atoms with Crippen LogP contribution in [0.5, 0.6) is 0 Å². The highest BCUT2D eigenvalue weighted by Crippen LogP contribution is 2.18. The van der Waals surface area contributed by atoms with Crippen molar-refractivity contribution >= 4 is 17.5 Å². The summed E-state index contributed by atoms with van der Waals surface area (Å²) in [6, 6.07) is 10.4. The van der Waals surface area contributed by atoms with Crippen LogP contribution >= 0.6 is 0 Å². The SMILES string of the molecule is O=C(CCC1CCNCC1)NCCCC(=O)N1CCN(c2ccccc2)CC1. The highest BCUT2D eigenvalue weighted by molar-refractivity contribution is 5.77. The van der Waals surface area contributed by atoms with Gasteiger partial charge in [-0.05, 0) is 56.8 Å². The third-order valence-electron chi connectivity index (χ3n) is 5.88. The van der Waals surface area contributed by atoms with Crippen molar-refractivity contribution in [1.29, 1.82) is 0 Å². The predicted octanol–water partition coefficient (Wildman–Crippen LogP) is 2.01. The van der Waals surface area contributed by atoms with Crippen LogP contribution < -0.4 is 15.5 Å². The van der Waals surface area contributed by atoms with Crippen LogP contribution in [0.1, 0.15) is 38.5 Å². The fourth-order valence-electron chi connectivity index (χ4n) is 4.07. The zero-order valence-electron chi connectivity index (χ0n) is 16.9. The molecule has 2 aliphatic rings. The van der Waals surface area contributed by atoms with Crippen LogP contribution in [0.3, 0.4) is 0 Å². The van der Waals surface area contributed by atoms with E-state index in [2.05, 4.69) is 27.7 Å². The van der Waals surface area contributed by atoms with Gasteiger partial charge in [-0.3, -0.25) is 9.59 Å². The lowest BCUT2D eigenvalue weighted by Crippen LogP contribution is -2.48. The number of carbonyl (C=O) groups excluding carboxylic acids is 2. The molecule has 0 bridgehead atoms. The standard InChI is InChI=1S/C22H34N4O2/c27-21(9-8-19-10-13-23-14-11-19)24-12-4-7-22(28)26-17-15-25(16-18-26)20-5-2-1-3-6-20/h1-3,5-6,19,23H,4,7-18H2,(H,24,27). The first-order chi connectivity index (χ1) is 13.7. The van der Waals surface area contributed by atoms with Gasteiger partial charge in [0, 0.05) is 51.3 Å². The number of piperidine rings is 1. The Morgan fingerprint density at radius 2 is 1.71 bits per heavy atom. The first kappa shape index (κ1) is 20.6. The predicted molar refractivity (Wildman–Crippen MR) is 112 cm³/mol. The summed E-state index contributed by atoms with van der Waals surface area (Å²) >= 11 is 0. The molecule has 6 nitrogen and oxygen atoms in total. The third kappa shape index (κ3) is 6.51. The first-order valence-corrected chi connectivity index (χ1v) is 10.8. The van der Waals surface area contributed by atoms with Gasteiger partial charge in [0.15, 0.2) is 0 Å². The lowest BCUT2D eigenvalue weighted by molar-refractivity contribution is -0.131. The fraction of sp³-hybridized carbons (Fsp3) is 0.636. The number of carbonyl (C=O) groups is 2. The van der Waals surface area contributed by atoms with E-state index in [1.807, 2.05) is 23.1 Å². The van der Waals surface area contributed by atoms with Crippen molar-refractivity contribution in [3.63, 3.8) is 0 Å². The second-order valence-electron chi connectivity index (χ2n) is 7.89. The first-order valence-electron chi connectivity index (χ1n) is 10.8. The Bertz CT molecular complexity index is 608. The summed E-state index contributed by atoms with van der Waals surface area (Å²) in [5.41, 5.74) is 1.22. The van der Waals surface area contributed by atoms with E-state index in [0.29, 0.717) is 25.3 Å². The molecule has 0 radical (unpaired) electrons. The average Bonchev–Trinajstić information content (AvgIpc) is 2.76. The molecule has 0 spiro atoms. The Kier molecular flexibility index (Phi) is 8.15. The van der Waals surface area contributed by atoms with Crippen LogP contribution in [0.15, 0.2) is 30.3 Å². The summed E-state index contributed by atoms with van der Waals surface area (Å²) in [7, 11) is 0. The summed E-state index contributed by atoms with van der Waals surface area (Å²) in [6.07, 6.45) is 5.19. The van der Waals surface area contributed by atoms with Crippen LogP contribution in [0.25, 0.3) is 0 Å². The van der Waals surface area contributed by atoms with Crippen molar-refractivity contribution < 1.29 is 9.59 Å². The molecule has 1 aromatic carbocycles. The molecule has 0 aromatic heterocycles. The average molecular weight is 387 g/mol. The molecule has 28 heavy (non-hydrogen) atoms. The van der Waals surface area contributed by atoms with Gasteiger partial charge >= 0.3 is 0 Å². The van der Waals surface area contributed by atoms with Gasteiger partial charge in [-0.15, -0.1) is 0 Å². The van der Waals surface area contributed by atoms with E-state index in [1.165, 1.54) is 18.5 Å². The van der Waals surface area contributed by atoms with Crippen molar-refractivity contribution in [1.82, 2.24) is 15.5 Å². The molecule has 1 aromatic rings. The molecule has 6 heteroatoms. The second-order valence-corrected chi connectivity index (χ2v) is 7.89. The second kappa shape index (κ2) is 11.1. The summed E-state index contributed by atoms with van der Waals surface area (Å²) in [5, 5.41) is 6.33. The van der Waals surface area contributed by atoms with Gasteiger partial charge in [-0.2, -0.15) is 0 Å². The molecule has 2 fully saturated rings. The number of hydrogen-bond acceptors (Lipinski definition) is 4. The van der Waals surface area contributed by atoms with Crippen molar-refractivity contribution in [2.75, 3.05) is 50.7 Å².